The van der Waals surface area contributed by atoms with Crippen LogP contribution in [0.2, 0.25) is 0 Å². The van der Waals surface area contributed by atoms with Crippen LogP contribution in [0.3, 0.4) is 0 Å². The van der Waals surface area contributed by atoms with Crippen LogP contribution in [0.5, 0.6) is 0 Å². The largest absolute Gasteiger partial charge is 0.454 e. The van der Waals surface area contributed by atoms with E-state index in [-0.39, 0.29) is 23.6 Å². The number of ketones is 1. The summed E-state index contributed by atoms with van der Waals surface area (Å²) in [5.41, 5.74) is 0.650. The van der Waals surface area contributed by atoms with Crippen LogP contribution in [0.4, 0.5) is 0 Å². The number of likely N-dealkylation sites (tertiary alicyclic amines) is 1. The fraction of sp³-hybridized carbons (Fsp3) is 0.526. The van der Waals surface area contributed by atoms with E-state index < -0.39 is 6.10 Å². The lowest BCUT2D eigenvalue weighted by molar-refractivity contribution is -0.161. The van der Waals surface area contributed by atoms with Crippen LogP contribution >= 0.6 is 15.9 Å². The lowest BCUT2D eigenvalue weighted by atomic mass is 9.94. The maximum atomic E-state index is 12.5. The zero-order valence-electron chi connectivity index (χ0n) is 14.1. The van der Waals surface area contributed by atoms with Crippen molar-refractivity contribution >= 4 is 33.6 Å². The Morgan fingerprint density at radius 1 is 1.04 bits per heavy atom. The van der Waals surface area contributed by atoms with Crippen LogP contribution in [-0.4, -0.2) is 41.8 Å². The summed E-state index contributed by atoms with van der Waals surface area (Å²) in [5, 5.41) is 0. The molecule has 0 spiro atoms. The molecular formula is C19H22BrNO4. The summed E-state index contributed by atoms with van der Waals surface area (Å²) in [7, 11) is 0. The number of amides is 1. The predicted octanol–water partition coefficient (Wildman–Crippen LogP) is 3.36. The standard InChI is InChI=1S/C19H22BrNO4/c20-15-7-5-13(6-8-15)18(23)21-11-9-14(10-12-21)19(24)25-17-4-2-1-3-16(17)22/h5-8,14,17H,1-4,9-12H2/t17-/m0/s1. The lowest BCUT2D eigenvalue weighted by Gasteiger charge is -2.32. The average molecular weight is 408 g/mol. The maximum absolute atomic E-state index is 12.5. The number of piperidine rings is 1. The first-order chi connectivity index (χ1) is 12.0. The molecule has 1 aliphatic carbocycles. The Morgan fingerprint density at radius 2 is 1.72 bits per heavy atom. The molecule has 25 heavy (non-hydrogen) atoms. The molecule has 134 valence electrons. The van der Waals surface area contributed by atoms with Gasteiger partial charge >= 0.3 is 5.97 Å². The molecule has 0 radical (unpaired) electrons. The van der Waals surface area contributed by atoms with E-state index in [1.165, 1.54) is 0 Å². The van der Waals surface area contributed by atoms with E-state index >= 15 is 0 Å². The quantitative estimate of drug-likeness (QED) is 0.720. The van der Waals surface area contributed by atoms with E-state index in [1.807, 2.05) is 12.1 Å². The predicted molar refractivity (Wildman–Crippen MR) is 96.1 cm³/mol. The van der Waals surface area contributed by atoms with Gasteiger partial charge in [0.1, 0.15) is 0 Å². The van der Waals surface area contributed by atoms with Gasteiger partial charge in [-0.1, -0.05) is 15.9 Å². The number of benzene rings is 1. The van der Waals surface area contributed by atoms with Gasteiger partial charge in [0.2, 0.25) is 0 Å². The molecule has 6 heteroatoms. The van der Waals surface area contributed by atoms with Gasteiger partial charge < -0.3 is 9.64 Å². The molecule has 1 aromatic carbocycles. The first-order valence-corrected chi connectivity index (χ1v) is 9.62. The molecule has 5 nitrogen and oxygen atoms in total. The van der Waals surface area contributed by atoms with Gasteiger partial charge in [-0.3, -0.25) is 14.4 Å². The molecule has 2 fully saturated rings. The topological polar surface area (TPSA) is 63.7 Å². The van der Waals surface area contributed by atoms with Crippen molar-refractivity contribution in [1.29, 1.82) is 0 Å². The van der Waals surface area contributed by atoms with Crippen molar-refractivity contribution in [2.75, 3.05) is 13.1 Å². The molecule has 0 aromatic heterocycles. The second-order valence-electron chi connectivity index (χ2n) is 6.71. The zero-order chi connectivity index (χ0) is 17.8. The van der Waals surface area contributed by atoms with Gasteiger partial charge in [-0.05, 0) is 56.4 Å². The third-order valence-electron chi connectivity index (χ3n) is 4.96. The summed E-state index contributed by atoms with van der Waals surface area (Å²) in [6.45, 7) is 1.07. The Morgan fingerprint density at radius 3 is 2.36 bits per heavy atom. The summed E-state index contributed by atoms with van der Waals surface area (Å²) < 4.78 is 6.37. The summed E-state index contributed by atoms with van der Waals surface area (Å²) in [6, 6.07) is 7.28. The van der Waals surface area contributed by atoms with Crippen LogP contribution in [0.1, 0.15) is 48.9 Å². The Labute approximate surface area is 155 Å². The van der Waals surface area contributed by atoms with Gasteiger partial charge in [0.05, 0.1) is 5.92 Å². The van der Waals surface area contributed by atoms with Crippen LogP contribution in [-0.2, 0) is 14.3 Å². The van der Waals surface area contributed by atoms with Crippen molar-refractivity contribution in [2.45, 2.75) is 44.6 Å². The second kappa shape index (κ2) is 8.13. The molecule has 1 aliphatic heterocycles. The van der Waals surface area contributed by atoms with Gasteiger partial charge in [0.25, 0.3) is 5.91 Å². The highest BCUT2D eigenvalue weighted by molar-refractivity contribution is 9.10. The molecule has 0 unspecified atom stereocenters. The fourth-order valence-electron chi connectivity index (χ4n) is 3.41. The number of carbonyl (C=O) groups excluding carboxylic acids is 3. The number of ether oxygens (including phenoxy) is 1. The zero-order valence-corrected chi connectivity index (χ0v) is 15.7. The van der Waals surface area contributed by atoms with Gasteiger partial charge in [-0.25, -0.2) is 0 Å². The van der Waals surface area contributed by atoms with Gasteiger partial charge in [-0.2, -0.15) is 0 Å². The molecule has 0 bridgehead atoms. The summed E-state index contributed by atoms with van der Waals surface area (Å²) >= 11 is 3.36. The van der Waals surface area contributed by atoms with Gasteiger partial charge in [-0.15, -0.1) is 0 Å². The summed E-state index contributed by atoms with van der Waals surface area (Å²) in [4.78, 5) is 38.4. The maximum Gasteiger partial charge on any atom is 0.309 e. The molecule has 1 amide bonds. The molecule has 3 rings (SSSR count). The van der Waals surface area contributed by atoms with E-state index in [2.05, 4.69) is 15.9 Å². The minimum absolute atomic E-state index is 0.0122. The van der Waals surface area contributed by atoms with Crippen molar-refractivity contribution in [3.05, 3.63) is 34.3 Å². The fourth-order valence-corrected chi connectivity index (χ4v) is 3.67. The highest BCUT2D eigenvalue weighted by Gasteiger charge is 2.32. The number of Topliss-reactive ketones (excluding diaryl/α,β-unsaturated/α-hetero) is 1. The molecule has 1 atom stereocenters. The number of halogens is 1. The first-order valence-electron chi connectivity index (χ1n) is 8.82. The molecular weight excluding hydrogens is 386 g/mol. The third-order valence-corrected chi connectivity index (χ3v) is 5.49. The minimum Gasteiger partial charge on any atom is -0.454 e. The Kier molecular flexibility index (Phi) is 5.89. The van der Waals surface area contributed by atoms with Crippen LogP contribution in [0.15, 0.2) is 28.7 Å². The number of nitrogens with zero attached hydrogens (tertiary/aromatic N) is 1. The van der Waals surface area contributed by atoms with Gasteiger partial charge in [0, 0.05) is 29.5 Å². The highest BCUT2D eigenvalue weighted by Crippen LogP contribution is 2.24. The molecule has 1 saturated heterocycles. The summed E-state index contributed by atoms with van der Waals surface area (Å²) in [6.07, 6.45) is 3.60. The Bertz CT molecular complexity index is 650. The molecule has 1 aromatic rings. The molecule has 1 heterocycles. The van der Waals surface area contributed by atoms with E-state index in [1.54, 1.807) is 17.0 Å². The third kappa shape index (κ3) is 4.48. The summed E-state index contributed by atoms with van der Waals surface area (Å²) in [5.74, 6) is -0.469. The van der Waals surface area contributed by atoms with Crippen molar-refractivity contribution in [2.24, 2.45) is 5.92 Å². The number of esters is 1. The lowest BCUT2D eigenvalue weighted by Crippen LogP contribution is -2.42. The average Bonchev–Trinajstić information content (AvgIpc) is 2.64. The van der Waals surface area contributed by atoms with Crippen LogP contribution in [0.25, 0.3) is 0 Å². The first kappa shape index (κ1) is 18.1. The smallest absolute Gasteiger partial charge is 0.309 e. The van der Waals surface area contributed by atoms with Crippen molar-refractivity contribution in [1.82, 2.24) is 4.90 Å². The highest BCUT2D eigenvalue weighted by atomic mass is 79.9. The van der Waals surface area contributed by atoms with Crippen LogP contribution < -0.4 is 0 Å². The van der Waals surface area contributed by atoms with Crippen molar-refractivity contribution in [3.8, 4) is 0 Å². The monoisotopic (exact) mass is 407 g/mol. The van der Waals surface area contributed by atoms with E-state index in [0.29, 0.717) is 44.3 Å². The number of hydrogen-bond acceptors (Lipinski definition) is 4. The number of rotatable bonds is 3. The number of hydrogen-bond donors (Lipinski definition) is 0. The Balaban J connectivity index is 1.51. The number of carbonyl (C=O) groups is 3. The second-order valence-corrected chi connectivity index (χ2v) is 7.63. The molecule has 1 saturated carbocycles. The SMILES string of the molecule is O=C(O[C@H]1CCCCC1=O)C1CCN(C(=O)c2ccc(Br)cc2)CC1. The van der Waals surface area contributed by atoms with E-state index in [4.69, 9.17) is 4.74 Å². The molecule has 2 aliphatic rings. The van der Waals surface area contributed by atoms with Crippen LogP contribution in [0, 0.1) is 5.92 Å². The Hall–Kier alpha value is -1.69. The van der Waals surface area contributed by atoms with E-state index in [0.717, 1.165) is 17.3 Å². The molecule has 0 N–H and O–H groups in total. The van der Waals surface area contributed by atoms with Gasteiger partial charge in [0.15, 0.2) is 11.9 Å². The van der Waals surface area contributed by atoms with E-state index in [9.17, 15) is 14.4 Å². The minimum atomic E-state index is -0.552. The van der Waals surface area contributed by atoms with Crippen molar-refractivity contribution < 1.29 is 19.1 Å². The van der Waals surface area contributed by atoms with Crippen molar-refractivity contribution in [3.63, 3.8) is 0 Å². The normalized spacial score (nSPS) is 21.9.